The molecule has 0 fully saturated rings. The Balaban J connectivity index is 2.82. The van der Waals surface area contributed by atoms with Crippen molar-refractivity contribution in [2.45, 2.75) is 0 Å². The van der Waals surface area contributed by atoms with Crippen LogP contribution in [0, 0.1) is 0 Å². The Bertz CT molecular complexity index is 514. The zero-order chi connectivity index (χ0) is 10.3. The number of aromatic hydroxyl groups is 1. The summed E-state index contributed by atoms with van der Waals surface area (Å²) in [4.78, 5) is 10.9. The van der Waals surface area contributed by atoms with Crippen molar-refractivity contribution in [2.75, 3.05) is 0 Å². The summed E-state index contributed by atoms with van der Waals surface area (Å²) in [5.74, 6) is -0.458. The minimum absolute atomic E-state index is 0.0805. The highest BCUT2D eigenvalue weighted by Crippen LogP contribution is 2.26. The van der Waals surface area contributed by atoms with Gasteiger partial charge in [-0.05, 0) is 18.2 Å². The maximum atomic E-state index is 10.9. The van der Waals surface area contributed by atoms with Crippen molar-refractivity contribution in [3.63, 3.8) is 0 Å². The van der Waals surface area contributed by atoms with Gasteiger partial charge in [-0.3, -0.25) is 4.79 Å². The van der Waals surface area contributed by atoms with Gasteiger partial charge in [0.15, 0.2) is 0 Å². The van der Waals surface area contributed by atoms with E-state index in [1.165, 1.54) is 6.07 Å². The average molecular weight is 190 g/mol. The summed E-state index contributed by atoms with van der Waals surface area (Å²) in [6.45, 7) is 0. The number of hydrogen-bond acceptors (Lipinski definition) is 2. The Labute approximate surface area is 80.6 Å². The van der Waals surface area contributed by atoms with Crippen molar-refractivity contribution >= 4 is 16.8 Å². The van der Waals surface area contributed by atoms with Gasteiger partial charge in [0.25, 0.3) is 0 Å². The molecule has 0 radical (unpaired) electrons. The molecular formula is C10H10N2O2. The van der Waals surface area contributed by atoms with Gasteiger partial charge in [0.2, 0.25) is 5.91 Å². The van der Waals surface area contributed by atoms with Gasteiger partial charge in [0.05, 0.1) is 5.52 Å². The normalized spacial score (nSPS) is 10.6. The van der Waals surface area contributed by atoms with E-state index in [0.29, 0.717) is 5.56 Å². The Kier molecular flexibility index (Phi) is 1.70. The third kappa shape index (κ3) is 1.12. The number of fused-ring (bicyclic) bond motifs is 1. The topological polar surface area (TPSA) is 68.2 Å². The first kappa shape index (κ1) is 8.62. The van der Waals surface area contributed by atoms with E-state index >= 15 is 0 Å². The number of benzene rings is 1. The quantitative estimate of drug-likeness (QED) is 0.703. The zero-order valence-corrected chi connectivity index (χ0v) is 7.69. The van der Waals surface area contributed by atoms with Crippen molar-refractivity contribution in [1.82, 2.24) is 4.57 Å². The molecule has 0 bridgehead atoms. The summed E-state index contributed by atoms with van der Waals surface area (Å²) < 4.78 is 1.82. The molecule has 14 heavy (non-hydrogen) atoms. The number of aromatic nitrogens is 1. The van der Waals surface area contributed by atoms with Gasteiger partial charge < -0.3 is 15.4 Å². The van der Waals surface area contributed by atoms with E-state index < -0.39 is 5.91 Å². The highest BCUT2D eigenvalue weighted by molar-refractivity contribution is 5.99. The summed E-state index contributed by atoms with van der Waals surface area (Å²) >= 11 is 0. The second kappa shape index (κ2) is 2.77. The molecule has 0 aliphatic rings. The van der Waals surface area contributed by atoms with Crippen LogP contribution >= 0.6 is 0 Å². The Morgan fingerprint density at radius 2 is 2.21 bits per heavy atom. The number of phenolic OH excluding ortho intramolecular Hbond substituents is 1. The summed E-state index contributed by atoms with van der Waals surface area (Å²) in [7, 11) is 1.84. The highest BCUT2D eigenvalue weighted by Gasteiger charge is 2.08. The number of carbonyl (C=O) groups excluding carboxylic acids is 1. The predicted octanol–water partition coefficient (Wildman–Crippen LogP) is 0.983. The van der Waals surface area contributed by atoms with E-state index in [4.69, 9.17) is 5.73 Å². The summed E-state index contributed by atoms with van der Waals surface area (Å²) in [5, 5.41) is 10.3. The summed E-state index contributed by atoms with van der Waals surface area (Å²) in [5.41, 5.74) is 6.24. The maximum absolute atomic E-state index is 10.9. The lowest BCUT2D eigenvalue weighted by Crippen LogP contribution is -2.10. The zero-order valence-electron chi connectivity index (χ0n) is 7.69. The van der Waals surface area contributed by atoms with Gasteiger partial charge in [-0.1, -0.05) is 0 Å². The fourth-order valence-electron chi connectivity index (χ4n) is 1.49. The second-order valence-electron chi connectivity index (χ2n) is 3.22. The van der Waals surface area contributed by atoms with Crippen molar-refractivity contribution in [3.8, 4) is 5.75 Å². The molecule has 1 aromatic carbocycles. The molecule has 0 saturated carbocycles. The van der Waals surface area contributed by atoms with Crippen LogP contribution in [0.1, 0.15) is 10.4 Å². The maximum Gasteiger partial charge on any atom is 0.248 e. The lowest BCUT2D eigenvalue weighted by Gasteiger charge is -2.01. The first-order valence-electron chi connectivity index (χ1n) is 4.17. The molecule has 2 aromatic rings. The molecule has 72 valence electrons. The highest BCUT2D eigenvalue weighted by atomic mass is 16.3. The van der Waals surface area contributed by atoms with E-state index in [1.807, 2.05) is 17.8 Å². The number of hydrogen-bond donors (Lipinski definition) is 2. The summed E-state index contributed by atoms with van der Waals surface area (Å²) in [6.07, 6.45) is 1.81. The molecule has 1 aromatic heterocycles. The second-order valence-corrected chi connectivity index (χ2v) is 3.22. The van der Waals surface area contributed by atoms with Crippen LogP contribution in [-0.4, -0.2) is 15.6 Å². The molecule has 0 spiro atoms. The van der Waals surface area contributed by atoms with Crippen LogP contribution in [0.15, 0.2) is 24.4 Å². The van der Waals surface area contributed by atoms with E-state index in [1.54, 1.807) is 12.1 Å². The molecule has 0 saturated heterocycles. The van der Waals surface area contributed by atoms with E-state index in [0.717, 1.165) is 10.9 Å². The number of amides is 1. The first-order valence-corrected chi connectivity index (χ1v) is 4.17. The van der Waals surface area contributed by atoms with E-state index in [-0.39, 0.29) is 5.75 Å². The lowest BCUT2D eigenvalue weighted by molar-refractivity contribution is 0.1000. The smallest absolute Gasteiger partial charge is 0.248 e. The van der Waals surface area contributed by atoms with Gasteiger partial charge in [0.1, 0.15) is 5.75 Å². The van der Waals surface area contributed by atoms with Crippen LogP contribution in [0.3, 0.4) is 0 Å². The molecule has 0 aliphatic carbocycles. The average Bonchev–Trinajstić information content (AvgIpc) is 2.48. The van der Waals surface area contributed by atoms with Crippen LogP contribution in [0.2, 0.25) is 0 Å². The molecule has 1 heterocycles. The van der Waals surface area contributed by atoms with Gasteiger partial charge in [-0.25, -0.2) is 0 Å². The van der Waals surface area contributed by atoms with Gasteiger partial charge in [-0.15, -0.1) is 0 Å². The predicted molar refractivity (Wildman–Crippen MR) is 53.1 cm³/mol. The monoisotopic (exact) mass is 190 g/mol. The number of primary amides is 1. The Morgan fingerprint density at radius 3 is 2.86 bits per heavy atom. The van der Waals surface area contributed by atoms with Crippen LogP contribution < -0.4 is 5.73 Å². The first-order chi connectivity index (χ1) is 6.59. The molecule has 0 aliphatic heterocycles. The van der Waals surface area contributed by atoms with Crippen molar-refractivity contribution < 1.29 is 9.90 Å². The van der Waals surface area contributed by atoms with Crippen LogP contribution in [0.25, 0.3) is 10.9 Å². The SMILES string of the molecule is Cn1ccc2c(O)cc(C(N)=O)cc21. The van der Waals surface area contributed by atoms with Crippen LogP contribution in [0.4, 0.5) is 0 Å². The van der Waals surface area contributed by atoms with Crippen molar-refractivity contribution in [1.29, 1.82) is 0 Å². The molecule has 4 heteroatoms. The van der Waals surface area contributed by atoms with Crippen molar-refractivity contribution in [2.24, 2.45) is 12.8 Å². The minimum atomic E-state index is -0.539. The standard InChI is InChI=1S/C10H10N2O2/c1-12-3-2-7-8(12)4-6(10(11)14)5-9(7)13/h2-5,13H,1H3,(H2,11,14). The third-order valence-corrected chi connectivity index (χ3v) is 2.27. The number of nitrogens with zero attached hydrogens (tertiary/aromatic N) is 1. The number of aryl methyl sites for hydroxylation is 1. The van der Waals surface area contributed by atoms with E-state index in [9.17, 15) is 9.90 Å². The minimum Gasteiger partial charge on any atom is -0.507 e. The Morgan fingerprint density at radius 1 is 1.50 bits per heavy atom. The van der Waals surface area contributed by atoms with Crippen LogP contribution in [-0.2, 0) is 7.05 Å². The molecule has 1 amide bonds. The van der Waals surface area contributed by atoms with Gasteiger partial charge >= 0.3 is 0 Å². The number of nitrogens with two attached hydrogens (primary N) is 1. The van der Waals surface area contributed by atoms with E-state index in [2.05, 4.69) is 0 Å². The van der Waals surface area contributed by atoms with Gasteiger partial charge in [0, 0.05) is 24.2 Å². The molecular weight excluding hydrogens is 180 g/mol. The molecule has 0 atom stereocenters. The fraction of sp³-hybridized carbons (Fsp3) is 0.100. The third-order valence-electron chi connectivity index (χ3n) is 2.27. The number of carbonyl (C=O) groups is 1. The van der Waals surface area contributed by atoms with Gasteiger partial charge in [-0.2, -0.15) is 0 Å². The lowest BCUT2D eigenvalue weighted by atomic mass is 10.1. The van der Waals surface area contributed by atoms with Crippen LogP contribution in [0.5, 0.6) is 5.75 Å². The largest absolute Gasteiger partial charge is 0.507 e. The number of phenols is 1. The molecule has 2 rings (SSSR count). The molecule has 0 unspecified atom stereocenters. The Hall–Kier alpha value is -1.97. The van der Waals surface area contributed by atoms with Crippen molar-refractivity contribution in [3.05, 3.63) is 30.0 Å². The molecule has 3 N–H and O–H groups in total. The molecule has 4 nitrogen and oxygen atoms in total. The summed E-state index contributed by atoms with van der Waals surface area (Å²) in [6, 6.07) is 4.83. The number of rotatable bonds is 1. The fourth-order valence-corrected chi connectivity index (χ4v) is 1.49.